The van der Waals surface area contributed by atoms with Gasteiger partial charge in [-0.2, -0.15) is 4.31 Å². The summed E-state index contributed by atoms with van der Waals surface area (Å²) < 4.78 is 32.2. The van der Waals surface area contributed by atoms with Gasteiger partial charge in [0.25, 0.3) is 0 Å². The van der Waals surface area contributed by atoms with E-state index in [-0.39, 0.29) is 29.2 Å². The van der Waals surface area contributed by atoms with Gasteiger partial charge >= 0.3 is 5.97 Å². The number of carbonyl (C=O) groups is 2. The minimum Gasteiger partial charge on any atom is -0.454 e. The third kappa shape index (κ3) is 5.42. The molecule has 172 valence electrons. The minimum atomic E-state index is -3.63. The number of aromatic nitrogens is 1. The van der Waals surface area contributed by atoms with E-state index < -0.39 is 28.0 Å². The van der Waals surface area contributed by atoms with Gasteiger partial charge in [-0.05, 0) is 42.9 Å². The Morgan fingerprint density at radius 3 is 2.25 bits per heavy atom. The number of piperidine rings is 1. The Morgan fingerprint density at radius 1 is 1.09 bits per heavy atom. The molecule has 1 unspecified atom stereocenters. The molecule has 0 bridgehead atoms. The molecule has 8 heteroatoms. The number of pyridine rings is 1. The van der Waals surface area contributed by atoms with Crippen LogP contribution in [0.5, 0.6) is 0 Å². The first-order valence-corrected chi connectivity index (χ1v) is 12.2. The highest BCUT2D eigenvalue weighted by Crippen LogP contribution is 2.26. The number of ketones is 1. The summed E-state index contributed by atoms with van der Waals surface area (Å²) in [5.74, 6) is -1.15. The van der Waals surface area contributed by atoms with E-state index in [9.17, 15) is 18.0 Å². The van der Waals surface area contributed by atoms with Gasteiger partial charge < -0.3 is 4.74 Å². The highest BCUT2D eigenvalue weighted by molar-refractivity contribution is 7.89. The average molecular weight is 459 g/mol. The zero-order valence-corrected chi connectivity index (χ0v) is 19.8. The van der Waals surface area contributed by atoms with Crippen LogP contribution >= 0.6 is 0 Å². The largest absolute Gasteiger partial charge is 0.454 e. The van der Waals surface area contributed by atoms with E-state index >= 15 is 0 Å². The van der Waals surface area contributed by atoms with Gasteiger partial charge in [0.1, 0.15) is 4.90 Å². The van der Waals surface area contributed by atoms with Crippen molar-refractivity contribution in [2.24, 2.45) is 5.92 Å². The molecular formula is C24H30N2O5S. The first-order valence-electron chi connectivity index (χ1n) is 10.8. The lowest BCUT2D eigenvalue weighted by Crippen LogP contribution is -2.41. The van der Waals surface area contributed by atoms with Gasteiger partial charge in [0.2, 0.25) is 15.8 Å². The SMILES string of the molecule is CC(OC(=O)C1CCN(S(=O)(=O)c2cccnc2)CC1)C(=O)c1ccc(C(C)(C)C)cc1. The number of nitrogens with zero attached hydrogens (tertiary/aromatic N) is 2. The number of rotatable bonds is 6. The summed E-state index contributed by atoms with van der Waals surface area (Å²) in [7, 11) is -3.63. The van der Waals surface area contributed by atoms with Gasteiger partial charge in [-0.1, -0.05) is 45.0 Å². The smallest absolute Gasteiger partial charge is 0.309 e. The van der Waals surface area contributed by atoms with Crippen molar-refractivity contribution in [1.82, 2.24) is 9.29 Å². The monoisotopic (exact) mass is 458 g/mol. The number of carbonyl (C=O) groups excluding carboxylic acids is 2. The van der Waals surface area contributed by atoms with Crippen molar-refractivity contribution in [3.63, 3.8) is 0 Å². The van der Waals surface area contributed by atoms with Crippen LogP contribution in [0, 0.1) is 5.92 Å². The standard InChI is InChI=1S/C24H30N2O5S/c1-17(22(27)18-7-9-20(10-8-18)24(2,3)4)31-23(28)19-11-14-26(15-12-19)32(29,30)21-6-5-13-25-16-21/h5-10,13,16-17,19H,11-12,14-15H2,1-4H3. The number of esters is 1. The number of ether oxygens (including phenoxy) is 1. The molecule has 0 saturated carbocycles. The van der Waals surface area contributed by atoms with Gasteiger partial charge in [0.05, 0.1) is 5.92 Å². The second-order valence-corrected chi connectivity index (χ2v) is 11.1. The van der Waals surface area contributed by atoms with Crippen LogP contribution in [-0.2, 0) is 25.0 Å². The van der Waals surface area contributed by atoms with Crippen molar-refractivity contribution < 1.29 is 22.7 Å². The molecule has 0 aliphatic carbocycles. The summed E-state index contributed by atoms with van der Waals surface area (Å²) >= 11 is 0. The Kier molecular flexibility index (Phi) is 7.15. The van der Waals surface area contributed by atoms with Gasteiger partial charge in [0.15, 0.2) is 6.10 Å². The summed E-state index contributed by atoms with van der Waals surface area (Å²) in [5.41, 5.74) is 1.60. The van der Waals surface area contributed by atoms with E-state index in [4.69, 9.17) is 4.74 Å². The maximum absolute atomic E-state index is 12.7. The summed E-state index contributed by atoms with van der Waals surface area (Å²) in [6.45, 7) is 8.30. The predicted octanol–water partition coefficient (Wildman–Crippen LogP) is 3.59. The molecule has 1 aromatic carbocycles. The highest BCUT2D eigenvalue weighted by atomic mass is 32.2. The molecule has 0 spiro atoms. The Balaban J connectivity index is 1.56. The van der Waals surface area contributed by atoms with Crippen LogP contribution in [0.2, 0.25) is 0 Å². The molecule has 0 N–H and O–H groups in total. The molecule has 1 aliphatic rings. The van der Waals surface area contributed by atoms with Gasteiger partial charge in [-0.15, -0.1) is 0 Å². The Hall–Kier alpha value is -2.58. The minimum absolute atomic E-state index is 0.0149. The maximum atomic E-state index is 12.7. The number of sulfonamides is 1. The van der Waals surface area contributed by atoms with Crippen LogP contribution in [0.15, 0.2) is 53.7 Å². The summed E-state index contributed by atoms with van der Waals surface area (Å²) in [6.07, 6.45) is 2.62. The molecule has 0 radical (unpaired) electrons. The van der Waals surface area contributed by atoms with Crippen molar-refractivity contribution in [3.05, 3.63) is 59.9 Å². The third-order valence-electron chi connectivity index (χ3n) is 5.76. The van der Waals surface area contributed by atoms with E-state index in [1.54, 1.807) is 25.1 Å². The van der Waals surface area contributed by atoms with E-state index in [0.717, 1.165) is 5.56 Å². The first-order chi connectivity index (χ1) is 15.0. The van der Waals surface area contributed by atoms with Crippen molar-refractivity contribution in [2.45, 2.75) is 57.0 Å². The summed E-state index contributed by atoms with van der Waals surface area (Å²) in [5, 5.41) is 0. The fraction of sp³-hybridized carbons (Fsp3) is 0.458. The molecule has 1 aliphatic heterocycles. The highest BCUT2D eigenvalue weighted by Gasteiger charge is 2.34. The van der Waals surface area contributed by atoms with E-state index in [1.165, 1.54) is 22.8 Å². The average Bonchev–Trinajstić information content (AvgIpc) is 2.78. The molecule has 1 saturated heterocycles. The first kappa shape index (κ1) is 24.1. The van der Waals surface area contributed by atoms with E-state index in [1.807, 2.05) is 12.1 Å². The fourth-order valence-corrected chi connectivity index (χ4v) is 5.11. The van der Waals surface area contributed by atoms with Crippen molar-refractivity contribution >= 4 is 21.8 Å². The summed E-state index contributed by atoms with van der Waals surface area (Å²) in [6, 6.07) is 10.4. The topological polar surface area (TPSA) is 93.6 Å². The van der Waals surface area contributed by atoms with Crippen molar-refractivity contribution in [1.29, 1.82) is 0 Å². The fourth-order valence-electron chi connectivity index (χ4n) is 3.67. The second-order valence-electron chi connectivity index (χ2n) is 9.14. The predicted molar refractivity (Wildman–Crippen MR) is 121 cm³/mol. The number of Topliss-reactive ketones (excluding diaryl/α,β-unsaturated/α-hetero) is 1. The van der Waals surface area contributed by atoms with Crippen LogP contribution in [0.3, 0.4) is 0 Å². The molecule has 1 fully saturated rings. The van der Waals surface area contributed by atoms with Crippen molar-refractivity contribution in [2.75, 3.05) is 13.1 Å². The Bertz CT molecular complexity index is 1050. The Morgan fingerprint density at radius 2 is 1.72 bits per heavy atom. The number of benzene rings is 1. The zero-order chi connectivity index (χ0) is 23.5. The molecule has 3 rings (SSSR count). The lowest BCUT2D eigenvalue weighted by molar-refractivity contribution is -0.152. The quantitative estimate of drug-likeness (QED) is 0.485. The molecule has 0 amide bonds. The van der Waals surface area contributed by atoms with Crippen LogP contribution < -0.4 is 0 Å². The van der Waals surface area contributed by atoms with Crippen molar-refractivity contribution in [3.8, 4) is 0 Å². The van der Waals surface area contributed by atoms with Crippen LogP contribution in [0.1, 0.15) is 56.5 Å². The number of hydrogen-bond donors (Lipinski definition) is 0. The molecule has 2 aromatic rings. The molecule has 7 nitrogen and oxygen atoms in total. The third-order valence-corrected chi connectivity index (χ3v) is 7.64. The second kappa shape index (κ2) is 9.50. The zero-order valence-electron chi connectivity index (χ0n) is 18.9. The summed E-state index contributed by atoms with van der Waals surface area (Å²) in [4.78, 5) is 29.3. The van der Waals surface area contributed by atoms with Gasteiger partial charge in [-0.25, -0.2) is 8.42 Å². The van der Waals surface area contributed by atoms with Crippen LogP contribution in [0.4, 0.5) is 0 Å². The lowest BCUT2D eigenvalue weighted by atomic mass is 9.86. The molecule has 1 aromatic heterocycles. The van der Waals surface area contributed by atoms with Gasteiger partial charge in [-0.3, -0.25) is 14.6 Å². The van der Waals surface area contributed by atoms with E-state index in [2.05, 4.69) is 25.8 Å². The van der Waals surface area contributed by atoms with Crippen LogP contribution in [0.25, 0.3) is 0 Å². The normalized spacial score (nSPS) is 17.0. The van der Waals surface area contributed by atoms with Crippen LogP contribution in [-0.4, -0.2) is 48.7 Å². The molecular weight excluding hydrogens is 428 g/mol. The molecule has 1 atom stereocenters. The van der Waals surface area contributed by atoms with E-state index in [0.29, 0.717) is 18.4 Å². The lowest BCUT2D eigenvalue weighted by Gasteiger charge is -2.30. The molecule has 2 heterocycles. The number of hydrogen-bond acceptors (Lipinski definition) is 6. The molecule has 32 heavy (non-hydrogen) atoms. The Labute approximate surface area is 189 Å². The maximum Gasteiger partial charge on any atom is 0.309 e. The van der Waals surface area contributed by atoms with Gasteiger partial charge in [0, 0.05) is 31.0 Å².